The van der Waals surface area contributed by atoms with Gasteiger partial charge in [0.1, 0.15) is 0 Å². The van der Waals surface area contributed by atoms with E-state index in [2.05, 4.69) is 15.7 Å². The Hall–Kier alpha value is -2.05. The Morgan fingerprint density at radius 3 is 2.86 bits per heavy atom. The number of aromatic nitrogens is 2. The Morgan fingerprint density at radius 2 is 2.18 bits per heavy atom. The SMILES string of the molecule is Cc1cn(-c2ccccc2Cl)nc1NC(=O)N[C@H](C)CCO. The summed E-state index contributed by atoms with van der Waals surface area (Å²) < 4.78 is 1.63. The van der Waals surface area contributed by atoms with Gasteiger partial charge in [-0.3, -0.25) is 5.32 Å². The number of carbonyl (C=O) groups excluding carboxylic acids is 1. The molecule has 0 saturated carbocycles. The second-order valence-corrected chi connectivity index (χ2v) is 5.48. The normalized spacial score (nSPS) is 12.0. The number of aliphatic hydroxyl groups is 1. The molecule has 0 fully saturated rings. The van der Waals surface area contributed by atoms with E-state index in [1.807, 2.05) is 32.0 Å². The Kier molecular flexibility index (Phi) is 5.41. The summed E-state index contributed by atoms with van der Waals surface area (Å²) in [6.07, 6.45) is 2.30. The van der Waals surface area contributed by atoms with Crippen molar-refractivity contribution in [1.29, 1.82) is 0 Å². The molecule has 1 aromatic carbocycles. The first-order chi connectivity index (χ1) is 10.5. The largest absolute Gasteiger partial charge is 0.396 e. The molecule has 2 rings (SSSR count). The molecule has 3 N–H and O–H groups in total. The van der Waals surface area contributed by atoms with Crippen molar-refractivity contribution in [3.8, 4) is 5.69 Å². The van der Waals surface area contributed by atoms with Crippen LogP contribution in [0, 0.1) is 6.92 Å². The number of hydrogen-bond acceptors (Lipinski definition) is 3. The summed E-state index contributed by atoms with van der Waals surface area (Å²) in [6.45, 7) is 3.71. The molecular weight excluding hydrogens is 304 g/mol. The number of nitrogens with one attached hydrogen (secondary N) is 2. The molecule has 0 bridgehead atoms. The minimum atomic E-state index is -0.353. The van der Waals surface area contributed by atoms with E-state index in [0.717, 1.165) is 11.3 Å². The number of para-hydroxylation sites is 1. The van der Waals surface area contributed by atoms with Gasteiger partial charge in [0.2, 0.25) is 0 Å². The van der Waals surface area contributed by atoms with Gasteiger partial charge in [-0.15, -0.1) is 5.10 Å². The fourth-order valence-corrected chi connectivity index (χ4v) is 2.20. The number of aliphatic hydroxyl groups excluding tert-OH is 1. The van der Waals surface area contributed by atoms with E-state index in [1.54, 1.807) is 16.9 Å². The van der Waals surface area contributed by atoms with Crippen LogP contribution >= 0.6 is 11.6 Å². The van der Waals surface area contributed by atoms with Crippen molar-refractivity contribution in [3.63, 3.8) is 0 Å². The van der Waals surface area contributed by atoms with Gasteiger partial charge >= 0.3 is 6.03 Å². The van der Waals surface area contributed by atoms with Gasteiger partial charge in [0, 0.05) is 24.4 Å². The number of urea groups is 1. The first kappa shape index (κ1) is 16.3. The summed E-state index contributed by atoms with van der Waals surface area (Å²) >= 11 is 6.15. The van der Waals surface area contributed by atoms with Gasteiger partial charge in [-0.25, -0.2) is 9.48 Å². The predicted molar refractivity (Wildman–Crippen MR) is 86.6 cm³/mol. The minimum absolute atomic E-state index is 0.0294. The molecule has 0 saturated heterocycles. The van der Waals surface area contributed by atoms with Crippen molar-refractivity contribution >= 4 is 23.4 Å². The fourth-order valence-electron chi connectivity index (χ4n) is 1.98. The first-order valence-electron chi connectivity index (χ1n) is 7.01. The second kappa shape index (κ2) is 7.29. The average Bonchev–Trinajstić information content (AvgIpc) is 2.80. The zero-order valence-corrected chi connectivity index (χ0v) is 13.3. The molecule has 0 spiro atoms. The van der Waals surface area contributed by atoms with Crippen LogP contribution in [-0.4, -0.2) is 33.6 Å². The second-order valence-electron chi connectivity index (χ2n) is 5.07. The number of rotatable bonds is 5. The summed E-state index contributed by atoms with van der Waals surface area (Å²) in [5.74, 6) is 0.466. The molecule has 1 heterocycles. The van der Waals surface area contributed by atoms with Gasteiger partial charge in [0.05, 0.1) is 10.7 Å². The Balaban J connectivity index is 2.11. The van der Waals surface area contributed by atoms with E-state index >= 15 is 0 Å². The molecule has 2 aromatic rings. The summed E-state index contributed by atoms with van der Waals surface area (Å²) in [5.41, 5.74) is 1.57. The number of nitrogens with zero attached hydrogens (tertiary/aromatic N) is 2. The molecule has 118 valence electrons. The first-order valence-corrected chi connectivity index (χ1v) is 7.38. The number of halogens is 1. The number of anilines is 1. The number of benzene rings is 1. The molecule has 0 aliphatic carbocycles. The van der Waals surface area contributed by atoms with Crippen molar-refractivity contribution < 1.29 is 9.90 Å². The van der Waals surface area contributed by atoms with Crippen LogP contribution in [0.25, 0.3) is 5.69 Å². The average molecular weight is 323 g/mol. The third kappa shape index (κ3) is 3.99. The van der Waals surface area contributed by atoms with E-state index in [0.29, 0.717) is 17.3 Å². The smallest absolute Gasteiger partial charge is 0.320 e. The van der Waals surface area contributed by atoms with Gasteiger partial charge in [-0.2, -0.15) is 0 Å². The zero-order valence-electron chi connectivity index (χ0n) is 12.5. The number of hydrogen-bond donors (Lipinski definition) is 3. The lowest BCUT2D eigenvalue weighted by atomic mass is 10.2. The van der Waals surface area contributed by atoms with Gasteiger partial charge < -0.3 is 10.4 Å². The van der Waals surface area contributed by atoms with Crippen LogP contribution in [-0.2, 0) is 0 Å². The number of aryl methyl sites for hydroxylation is 1. The lowest BCUT2D eigenvalue weighted by molar-refractivity contribution is 0.241. The molecule has 0 unspecified atom stereocenters. The van der Waals surface area contributed by atoms with Crippen molar-refractivity contribution in [2.24, 2.45) is 0 Å². The van der Waals surface area contributed by atoms with Crippen molar-refractivity contribution in [3.05, 3.63) is 41.0 Å². The van der Waals surface area contributed by atoms with Gasteiger partial charge in [-0.05, 0) is 32.4 Å². The quantitative estimate of drug-likeness (QED) is 0.792. The summed E-state index contributed by atoms with van der Waals surface area (Å²) in [4.78, 5) is 11.9. The third-order valence-corrected chi connectivity index (χ3v) is 3.49. The molecule has 1 aromatic heterocycles. The van der Waals surface area contributed by atoms with E-state index < -0.39 is 0 Å². The van der Waals surface area contributed by atoms with Crippen LogP contribution in [0.3, 0.4) is 0 Å². The lowest BCUT2D eigenvalue weighted by Gasteiger charge is -2.12. The summed E-state index contributed by atoms with van der Waals surface area (Å²) in [5, 5.41) is 19.2. The number of carbonyl (C=O) groups is 1. The van der Waals surface area contributed by atoms with Crippen molar-refractivity contribution in [2.75, 3.05) is 11.9 Å². The highest BCUT2D eigenvalue weighted by molar-refractivity contribution is 6.32. The van der Waals surface area contributed by atoms with E-state index in [4.69, 9.17) is 16.7 Å². The topological polar surface area (TPSA) is 79.2 Å². The van der Waals surface area contributed by atoms with Gasteiger partial charge in [0.25, 0.3) is 0 Å². The highest BCUT2D eigenvalue weighted by Crippen LogP contribution is 2.22. The van der Waals surface area contributed by atoms with Crippen LogP contribution in [0.4, 0.5) is 10.6 Å². The highest BCUT2D eigenvalue weighted by atomic mass is 35.5. The van der Waals surface area contributed by atoms with E-state index in [1.165, 1.54) is 0 Å². The fraction of sp³-hybridized carbons (Fsp3) is 0.333. The number of amides is 2. The van der Waals surface area contributed by atoms with E-state index in [-0.39, 0.29) is 18.7 Å². The maximum absolute atomic E-state index is 11.9. The monoisotopic (exact) mass is 322 g/mol. The maximum Gasteiger partial charge on any atom is 0.320 e. The standard InChI is InChI=1S/C15H19ClN4O2/c1-10-9-20(13-6-4-3-5-12(13)16)19-14(10)18-15(22)17-11(2)7-8-21/h3-6,9,11,21H,7-8H2,1-2H3,(H2,17,18,19,22)/t11-/m1/s1. The molecule has 22 heavy (non-hydrogen) atoms. The molecule has 7 heteroatoms. The molecular formula is C15H19ClN4O2. The Bertz CT molecular complexity index is 657. The minimum Gasteiger partial charge on any atom is -0.396 e. The molecule has 2 amide bonds. The van der Waals surface area contributed by atoms with Crippen LogP contribution < -0.4 is 10.6 Å². The Labute approximate surface area is 134 Å². The molecule has 6 nitrogen and oxygen atoms in total. The summed E-state index contributed by atoms with van der Waals surface area (Å²) in [7, 11) is 0. The van der Waals surface area contributed by atoms with E-state index in [9.17, 15) is 4.79 Å². The molecule has 1 atom stereocenters. The molecule has 0 radical (unpaired) electrons. The third-order valence-electron chi connectivity index (χ3n) is 3.17. The Morgan fingerprint density at radius 1 is 1.45 bits per heavy atom. The van der Waals surface area contributed by atoms with Crippen LogP contribution in [0.1, 0.15) is 18.9 Å². The van der Waals surface area contributed by atoms with Crippen LogP contribution in [0.5, 0.6) is 0 Å². The maximum atomic E-state index is 11.9. The molecule has 0 aliphatic heterocycles. The van der Waals surface area contributed by atoms with Crippen LogP contribution in [0.15, 0.2) is 30.5 Å². The predicted octanol–water partition coefficient (Wildman–Crippen LogP) is 2.73. The summed E-state index contributed by atoms with van der Waals surface area (Å²) in [6, 6.07) is 6.88. The molecule has 0 aliphatic rings. The highest BCUT2D eigenvalue weighted by Gasteiger charge is 2.12. The van der Waals surface area contributed by atoms with Crippen molar-refractivity contribution in [2.45, 2.75) is 26.3 Å². The van der Waals surface area contributed by atoms with Crippen LogP contribution in [0.2, 0.25) is 5.02 Å². The lowest BCUT2D eigenvalue weighted by Crippen LogP contribution is -2.36. The van der Waals surface area contributed by atoms with Crippen molar-refractivity contribution in [1.82, 2.24) is 15.1 Å². The van der Waals surface area contributed by atoms with Gasteiger partial charge in [0.15, 0.2) is 5.82 Å². The zero-order chi connectivity index (χ0) is 16.1. The van der Waals surface area contributed by atoms with Gasteiger partial charge in [-0.1, -0.05) is 23.7 Å².